The highest BCUT2D eigenvalue weighted by Gasteiger charge is 2.15. The molecule has 0 amide bonds. The van der Waals surface area contributed by atoms with Crippen LogP contribution in [0.5, 0.6) is 0 Å². The minimum atomic E-state index is -0.614. The second-order valence-corrected chi connectivity index (χ2v) is 7.35. The average molecular weight is 372 g/mol. The van der Waals surface area contributed by atoms with Crippen LogP contribution < -0.4 is 5.32 Å². The van der Waals surface area contributed by atoms with Crippen LogP contribution in [0.25, 0.3) is 0 Å². The zero-order valence-electron chi connectivity index (χ0n) is 17.4. The summed E-state index contributed by atoms with van der Waals surface area (Å²) in [6.45, 7) is 10.2. The number of nitrogens with one attached hydrogen (secondary N) is 1. The van der Waals surface area contributed by atoms with Gasteiger partial charge in [-0.3, -0.25) is 9.67 Å². The molecule has 1 aromatic carbocycles. The lowest BCUT2D eigenvalue weighted by Gasteiger charge is -2.23. The summed E-state index contributed by atoms with van der Waals surface area (Å²) in [7, 11) is 3.96. The smallest absolute Gasteiger partial charge is 0.194 e. The van der Waals surface area contributed by atoms with Gasteiger partial charge in [0.15, 0.2) is 5.96 Å². The number of hydrogen-bond donors (Lipinski definition) is 2. The molecule has 0 fully saturated rings. The van der Waals surface area contributed by atoms with Gasteiger partial charge in [0.05, 0.1) is 18.3 Å². The summed E-state index contributed by atoms with van der Waals surface area (Å²) in [6.07, 6.45) is 1.45. The van der Waals surface area contributed by atoms with E-state index in [1.807, 2.05) is 56.9 Å². The van der Waals surface area contributed by atoms with E-state index in [4.69, 9.17) is 0 Å². The molecule has 6 nitrogen and oxygen atoms in total. The zero-order valence-corrected chi connectivity index (χ0v) is 17.4. The number of aliphatic hydroxyl groups is 1. The van der Waals surface area contributed by atoms with Crippen molar-refractivity contribution in [1.82, 2.24) is 20.0 Å². The third-order valence-corrected chi connectivity index (χ3v) is 4.43. The molecule has 0 saturated heterocycles. The predicted molar refractivity (Wildman–Crippen MR) is 111 cm³/mol. The molecular formula is C21H33N5O. The van der Waals surface area contributed by atoms with E-state index in [-0.39, 0.29) is 0 Å². The molecule has 0 saturated carbocycles. The van der Waals surface area contributed by atoms with E-state index < -0.39 is 6.10 Å². The van der Waals surface area contributed by atoms with Crippen molar-refractivity contribution in [1.29, 1.82) is 0 Å². The first kappa shape index (κ1) is 21.0. The minimum absolute atomic E-state index is 0.320. The first-order valence-corrected chi connectivity index (χ1v) is 9.58. The predicted octanol–water partition coefficient (Wildman–Crippen LogP) is 2.98. The number of aryl methyl sites for hydroxylation is 2. The maximum absolute atomic E-state index is 10.5. The first-order valence-electron chi connectivity index (χ1n) is 9.58. The van der Waals surface area contributed by atoms with Crippen LogP contribution in [0.1, 0.15) is 55.2 Å². The summed E-state index contributed by atoms with van der Waals surface area (Å²) >= 11 is 0. The first-order chi connectivity index (χ1) is 12.8. The van der Waals surface area contributed by atoms with Crippen molar-refractivity contribution in [3.63, 3.8) is 0 Å². The summed E-state index contributed by atoms with van der Waals surface area (Å²) in [4.78, 5) is 6.73. The molecule has 148 valence electrons. The molecule has 0 spiro atoms. The van der Waals surface area contributed by atoms with Gasteiger partial charge in [-0.1, -0.05) is 43.7 Å². The topological polar surface area (TPSA) is 65.7 Å². The van der Waals surface area contributed by atoms with Gasteiger partial charge in [-0.25, -0.2) is 0 Å². The molecule has 0 aliphatic heterocycles. The Morgan fingerprint density at radius 3 is 2.74 bits per heavy atom. The van der Waals surface area contributed by atoms with Crippen molar-refractivity contribution in [3.8, 4) is 0 Å². The second-order valence-electron chi connectivity index (χ2n) is 7.35. The third kappa shape index (κ3) is 5.82. The Kier molecular flexibility index (Phi) is 7.42. The highest BCUT2D eigenvalue weighted by atomic mass is 16.3. The number of nitrogens with zero attached hydrogens (tertiary/aromatic N) is 4. The molecule has 27 heavy (non-hydrogen) atoms. The molecule has 2 aromatic rings. The van der Waals surface area contributed by atoms with Gasteiger partial charge in [0, 0.05) is 38.9 Å². The highest BCUT2D eigenvalue weighted by Crippen LogP contribution is 2.19. The Morgan fingerprint density at radius 2 is 2.11 bits per heavy atom. The van der Waals surface area contributed by atoms with E-state index >= 15 is 0 Å². The summed E-state index contributed by atoms with van der Waals surface area (Å²) in [6, 6.07) is 7.93. The monoisotopic (exact) mass is 371 g/mol. The van der Waals surface area contributed by atoms with Crippen LogP contribution >= 0.6 is 0 Å². The molecule has 2 rings (SSSR count). The number of guanidine groups is 1. The number of aliphatic imine (C=N–C) groups is 1. The van der Waals surface area contributed by atoms with Crippen LogP contribution in [0, 0.1) is 6.92 Å². The molecule has 6 heteroatoms. The standard InChI is InChI=1S/C21H33N5O/c1-7-22-21(23-12-19(27)17-10-8-9-16(4)11-17)25(5)13-18-14-26(6)24-20(18)15(2)3/h8-11,14-15,19,27H,7,12-13H2,1-6H3,(H,22,23). The van der Waals surface area contributed by atoms with E-state index in [1.165, 1.54) is 5.56 Å². The lowest BCUT2D eigenvalue weighted by molar-refractivity contribution is 0.186. The molecule has 1 unspecified atom stereocenters. The van der Waals surface area contributed by atoms with E-state index in [9.17, 15) is 5.11 Å². The fourth-order valence-corrected chi connectivity index (χ4v) is 3.12. The van der Waals surface area contributed by atoms with Crippen molar-refractivity contribution >= 4 is 5.96 Å². The van der Waals surface area contributed by atoms with Crippen LogP contribution in [0.15, 0.2) is 35.5 Å². The third-order valence-electron chi connectivity index (χ3n) is 4.43. The van der Waals surface area contributed by atoms with Gasteiger partial charge >= 0.3 is 0 Å². The maximum atomic E-state index is 10.5. The average Bonchev–Trinajstić information content (AvgIpc) is 2.98. The Morgan fingerprint density at radius 1 is 1.37 bits per heavy atom. The maximum Gasteiger partial charge on any atom is 0.194 e. The Bertz CT molecular complexity index is 766. The lowest BCUT2D eigenvalue weighted by atomic mass is 10.1. The molecule has 1 atom stereocenters. The number of aromatic nitrogens is 2. The number of rotatable bonds is 7. The van der Waals surface area contributed by atoms with Crippen molar-refractivity contribution in [2.75, 3.05) is 20.1 Å². The van der Waals surface area contributed by atoms with Crippen molar-refractivity contribution in [3.05, 3.63) is 52.8 Å². The van der Waals surface area contributed by atoms with Crippen LogP contribution in [0.4, 0.5) is 0 Å². The van der Waals surface area contributed by atoms with E-state index in [1.54, 1.807) is 0 Å². The molecule has 2 N–H and O–H groups in total. The van der Waals surface area contributed by atoms with E-state index in [2.05, 4.69) is 40.4 Å². The fraction of sp³-hybridized carbons (Fsp3) is 0.524. The Labute approximate surface area is 162 Å². The molecule has 0 bridgehead atoms. The Balaban J connectivity index is 2.12. The largest absolute Gasteiger partial charge is 0.386 e. The van der Waals surface area contributed by atoms with Crippen molar-refractivity contribution < 1.29 is 5.11 Å². The van der Waals surface area contributed by atoms with Crippen LogP contribution in [-0.4, -0.2) is 45.9 Å². The van der Waals surface area contributed by atoms with Crippen molar-refractivity contribution in [2.45, 2.75) is 46.3 Å². The SMILES string of the molecule is CCNC(=NCC(O)c1cccc(C)c1)N(C)Cc1cn(C)nc1C(C)C. The molecule has 0 aliphatic rings. The van der Waals surface area contributed by atoms with Gasteiger partial charge in [-0.2, -0.15) is 5.10 Å². The lowest BCUT2D eigenvalue weighted by Crippen LogP contribution is -2.39. The summed E-state index contributed by atoms with van der Waals surface area (Å²) < 4.78 is 1.87. The number of benzene rings is 1. The fourth-order valence-electron chi connectivity index (χ4n) is 3.12. The summed E-state index contributed by atoms with van der Waals surface area (Å²) in [5.74, 6) is 1.15. The molecule has 1 heterocycles. The molecule has 1 aromatic heterocycles. The number of hydrogen-bond acceptors (Lipinski definition) is 3. The van der Waals surface area contributed by atoms with Gasteiger partial charge in [0.1, 0.15) is 0 Å². The Hall–Kier alpha value is -2.34. The van der Waals surface area contributed by atoms with Gasteiger partial charge < -0.3 is 15.3 Å². The normalized spacial score (nSPS) is 13.1. The van der Waals surface area contributed by atoms with Crippen LogP contribution in [0.3, 0.4) is 0 Å². The van der Waals surface area contributed by atoms with Crippen molar-refractivity contribution in [2.24, 2.45) is 12.0 Å². The van der Waals surface area contributed by atoms with Gasteiger partial charge in [0.25, 0.3) is 0 Å². The van der Waals surface area contributed by atoms with E-state index in [0.717, 1.165) is 29.3 Å². The van der Waals surface area contributed by atoms with Gasteiger partial charge in [-0.15, -0.1) is 0 Å². The second kappa shape index (κ2) is 9.55. The highest BCUT2D eigenvalue weighted by molar-refractivity contribution is 5.79. The summed E-state index contributed by atoms with van der Waals surface area (Å²) in [5.41, 5.74) is 4.34. The van der Waals surface area contributed by atoms with Crippen LogP contribution in [-0.2, 0) is 13.6 Å². The summed E-state index contributed by atoms with van der Waals surface area (Å²) in [5, 5.41) is 18.4. The minimum Gasteiger partial charge on any atom is -0.386 e. The van der Waals surface area contributed by atoms with E-state index in [0.29, 0.717) is 19.0 Å². The molecule has 0 radical (unpaired) electrons. The van der Waals surface area contributed by atoms with Gasteiger partial charge in [0.2, 0.25) is 0 Å². The van der Waals surface area contributed by atoms with Gasteiger partial charge in [-0.05, 0) is 25.3 Å². The number of aliphatic hydroxyl groups excluding tert-OH is 1. The van der Waals surface area contributed by atoms with Crippen LogP contribution in [0.2, 0.25) is 0 Å². The quantitative estimate of drug-likeness (QED) is 0.580. The molecule has 0 aliphatic carbocycles. The zero-order chi connectivity index (χ0) is 20.0. The molecular weight excluding hydrogens is 338 g/mol.